The molecule has 6 nitrogen and oxygen atoms in total. The minimum Gasteiger partial charge on any atom is -0.371 e. The van der Waals surface area contributed by atoms with E-state index >= 15 is 8.78 Å². The molecule has 1 saturated carbocycles. The molecule has 0 unspecified atom stereocenters. The number of halogens is 3. The Bertz CT molecular complexity index is 1270. The summed E-state index contributed by atoms with van der Waals surface area (Å²) in [5.74, 6) is -4.08. The number of amides is 2. The summed E-state index contributed by atoms with van der Waals surface area (Å²) in [7, 11) is 4.88. The number of likely N-dealkylation sites (N-methyl/N-ethyl adjacent to an activating group) is 1. The fourth-order valence-corrected chi connectivity index (χ4v) is 6.34. The Morgan fingerprint density at radius 3 is 2.38 bits per heavy atom. The summed E-state index contributed by atoms with van der Waals surface area (Å²) < 4.78 is 30.4. The lowest BCUT2D eigenvalue weighted by atomic mass is 9.66. The van der Waals surface area contributed by atoms with Gasteiger partial charge in [-0.2, -0.15) is 8.78 Å². The number of hydrogen-bond donors (Lipinski definition) is 1. The molecule has 1 aliphatic heterocycles. The lowest BCUT2D eigenvalue weighted by Gasteiger charge is -2.47. The van der Waals surface area contributed by atoms with Crippen molar-refractivity contribution in [3.8, 4) is 0 Å². The van der Waals surface area contributed by atoms with E-state index in [1.807, 2.05) is 12.1 Å². The van der Waals surface area contributed by atoms with Gasteiger partial charge >= 0.3 is 5.92 Å². The van der Waals surface area contributed by atoms with Gasteiger partial charge in [-0.1, -0.05) is 29.8 Å². The maximum atomic E-state index is 15.2. The Kier molecular flexibility index (Phi) is 7.40. The van der Waals surface area contributed by atoms with Gasteiger partial charge in [0.2, 0.25) is 5.60 Å². The number of carbonyl (C=O) groups is 2. The van der Waals surface area contributed by atoms with Gasteiger partial charge in [-0.05, 0) is 74.1 Å². The smallest absolute Gasteiger partial charge is 0.315 e. The maximum absolute atomic E-state index is 15.2. The fourth-order valence-electron chi connectivity index (χ4n) is 6.08. The van der Waals surface area contributed by atoms with Gasteiger partial charge in [0.05, 0.1) is 10.6 Å². The molecule has 2 fully saturated rings. The summed E-state index contributed by atoms with van der Waals surface area (Å²) in [5.41, 5.74) is -0.844. The third kappa shape index (κ3) is 4.80. The van der Waals surface area contributed by atoms with Crippen LogP contribution in [0.5, 0.6) is 0 Å². The van der Waals surface area contributed by atoms with E-state index in [9.17, 15) is 14.7 Å². The lowest BCUT2D eigenvalue weighted by Crippen LogP contribution is -2.62. The Morgan fingerprint density at radius 1 is 1.08 bits per heavy atom. The van der Waals surface area contributed by atoms with E-state index in [2.05, 4.69) is 4.90 Å². The summed E-state index contributed by atoms with van der Waals surface area (Å²) in [6, 6.07) is 10.3. The van der Waals surface area contributed by atoms with Crippen molar-refractivity contribution in [1.82, 2.24) is 9.80 Å². The second-order valence-corrected chi connectivity index (χ2v) is 11.9. The van der Waals surface area contributed by atoms with Crippen LogP contribution in [0.25, 0.3) is 0 Å². The molecule has 210 valence electrons. The zero-order valence-corrected chi connectivity index (χ0v) is 23.5. The molecule has 2 amide bonds. The average molecular weight is 560 g/mol. The topological polar surface area (TPSA) is 64.1 Å². The van der Waals surface area contributed by atoms with Crippen molar-refractivity contribution in [1.29, 1.82) is 0 Å². The minimum absolute atomic E-state index is 0.0559. The first-order valence-corrected chi connectivity index (χ1v) is 14.1. The number of fused-ring (bicyclic) bond motifs is 1. The second kappa shape index (κ2) is 10.4. The monoisotopic (exact) mass is 559 g/mol. The van der Waals surface area contributed by atoms with Crippen LogP contribution in [0.2, 0.25) is 5.02 Å². The summed E-state index contributed by atoms with van der Waals surface area (Å²) in [5, 5.41) is 11.4. The predicted molar refractivity (Wildman–Crippen MR) is 147 cm³/mol. The molecule has 39 heavy (non-hydrogen) atoms. The van der Waals surface area contributed by atoms with Gasteiger partial charge in [-0.15, -0.1) is 0 Å². The number of aliphatic hydroxyl groups is 1. The van der Waals surface area contributed by atoms with E-state index in [4.69, 9.17) is 11.6 Å². The van der Waals surface area contributed by atoms with Crippen molar-refractivity contribution in [2.75, 3.05) is 45.7 Å². The molecule has 1 saturated heterocycles. The molecule has 9 heteroatoms. The zero-order chi connectivity index (χ0) is 28.1. The molecule has 2 aromatic carbocycles. The van der Waals surface area contributed by atoms with Crippen LogP contribution in [0.15, 0.2) is 36.4 Å². The standard InChI is InChI=1S/C30H36ClF2N3O3/c1-34(2)27(37)23-12-11-21(18-25(23)31)36-16-13-19(14-17-36)6-5-15-35(3)28(38)29(39)24-8-4-7-22(20-9-10-20)26(24)30(29,32)33/h4,7-8,11-12,18-20,39H,5-6,9-10,13-17H2,1-3H3/t29-/m1/s1. The molecule has 1 heterocycles. The van der Waals surface area contributed by atoms with E-state index in [1.165, 1.54) is 22.9 Å². The highest BCUT2D eigenvalue weighted by atomic mass is 35.5. The molecule has 5 rings (SSSR count). The van der Waals surface area contributed by atoms with Gasteiger partial charge in [-0.25, -0.2) is 0 Å². The van der Waals surface area contributed by atoms with E-state index in [-0.39, 0.29) is 23.0 Å². The number of piperidine rings is 1. The number of benzene rings is 2. The van der Waals surface area contributed by atoms with Crippen molar-refractivity contribution in [2.24, 2.45) is 5.92 Å². The predicted octanol–water partition coefficient (Wildman–Crippen LogP) is 5.37. The Morgan fingerprint density at radius 2 is 1.77 bits per heavy atom. The van der Waals surface area contributed by atoms with Crippen LogP contribution in [0, 0.1) is 5.92 Å². The van der Waals surface area contributed by atoms with E-state index in [0.717, 1.165) is 50.9 Å². The van der Waals surface area contributed by atoms with Crippen LogP contribution in [0.4, 0.5) is 14.5 Å². The second-order valence-electron chi connectivity index (χ2n) is 11.5. The van der Waals surface area contributed by atoms with Crippen LogP contribution >= 0.6 is 11.6 Å². The van der Waals surface area contributed by atoms with Crippen molar-refractivity contribution in [3.05, 3.63) is 63.7 Å². The van der Waals surface area contributed by atoms with Gasteiger partial charge in [-0.3, -0.25) is 9.59 Å². The van der Waals surface area contributed by atoms with Crippen molar-refractivity contribution in [2.45, 2.75) is 56.0 Å². The maximum Gasteiger partial charge on any atom is 0.315 e. The summed E-state index contributed by atoms with van der Waals surface area (Å²) in [4.78, 5) is 30.3. The molecule has 2 aromatic rings. The quantitative estimate of drug-likeness (QED) is 0.472. The molecular weight excluding hydrogens is 524 g/mol. The molecule has 2 aliphatic carbocycles. The molecular formula is C30H36ClF2N3O3. The zero-order valence-electron chi connectivity index (χ0n) is 22.7. The molecule has 1 N–H and O–H groups in total. The molecule has 1 atom stereocenters. The largest absolute Gasteiger partial charge is 0.371 e. The first kappa shape index (κ1) is 27.8. The fraction of sp³-hybridized carbons (Fsp3) is 0.533. The highest BCUT2D eigenvalue weighted by Crippen LogP contribution is 2.61. The van der Waals surface area contributed by atoms with Crippen LogP contribution in [0.3, 0.4) is 0 Å². The minimum atomic E-state index is -3.58. The average Bonchev–Trinajstić information content (AvgIpc) is 3.77. The Balaban J connectivity index is 1.12. The van der Waals surface area contributed by atoms with E-state index in [1.54, 1.807) is 32.3 Å². The number of anilines is 1. The van der Waals surface area contributed by atoms with Crippen LogP contribution < -0.4 is 4.90 Å². The third-order valence-electron chi connectivity index (χ3n) is 8.60. The number of alkyl halides is 2. The highest BCUT2D eigenvalue weighted by molar-refractivity contribution is 6.34. The van der Waals surface area contributed by atoms with Crippen molar-refractivity contribution < 1.29 is 23.5 Å². The van der Waals surface area contributed by atoms with Gasteiger partial charge < -0.3 is 19.8 Å². The number of rotatable bonds is 8. The summed E-state index contributed by atoms with van der Waals surface area (Å²) >= 11 is 6.39. The Labute approximate surface area is 233 Å². The highest BCUT2D eigenvalue weighted by Gasteiger charge is 2.72. The van der Waals surface area contributed by atoms with E-state index < -0.39 is 17.4 Å². The van der Waals surface area contributed by atoms with Crippen LogP contribution in [0.1, 0.15) is 71.5 Å². The number of nitrogens with zero attached hydrogens (tertiary/aromatic N) is 3. The van der Waals surface area contributed by atoms with E-state index in [0.29, 0.717) is 35.0 Å². The van der Waals surface area contributed by atoms with Crippen LogP contribution in [-0.2, 0) is 16.3 Å². The first-order chi connectivity index (χ1) is 18.5. The van der Waals surface area contributed by atoms with Crippen molar-refractivity contribution in [3.63, 3.8) is 0 Å². The van der Waals surface area contributed by atoms with Gasteiger partial charge in [0.25, 0.3) is 11.8 Å². The Hall–Kier alpha value is -2.71. The van der Waals surface area contributed by atoms with Crippen molar-refractivity contribution >= 4 is 29.1 Å². The molecule has 0 bridgehead atoms. The van der Waals surface area contributed by atoms with Gasteiger partial charge in [0.1, 0.15) is 0 Å². The summed E-state index contributed by atoms with van der Waals surface area (Å²) in [6.45, 7) is 2.01. The number of hydrogen-bond acceptors (Lipinski definition) is 4. The number of carbonyl (C=O) groups excluding carboxylic acids is 2. The first-order valence-electron chi connectivity index (χ1n) is 13.7. The van der Waals surface area contributed by atoms with Crippen LogP contribution in [-0.4, -0.2) is 67.5 Å². The molecule has 0 radical (unpaired) electrons. The SMILES string of the molecule is CN(C)C(=O)c1ccc(N2CCC(CCCN(C)C(=O)[C@]3(O)c4cccc(C5CC5)c4C3(F)F)CC2)cc1Cl. The summed E-state index contributed by atoms with van der Waals surface area (Å²) in [6.07, 6.45) is 5.22. The normalized spacial score (nSPS) is 22.2. The molecule has 3 aliphatic rings. The van der Waals surface area contributed by atoms with Gasteiger partial charge in [0, 0.05) is 57.6 Å². The van der Waals surface area contributed by atoms with Gasteiger partial charge in [0.15, 0.2) is 0 Å². The lowest BCUT2D eigenvalue weighted by molar-refractivity contribution is -0.229. The third-order valence-corrected chi connectivity index (χ3v) is 8.92. The molecule has 0 aromatic heterocycles. The molecule has 0 spiro atoms.